The summed E-state index contributed by atoms with van der Waals surface area (Å²) in [5, 5.41) is 0. The minimum absolute atomic E-state index is 0.178. The van der Waals surface area contributed by atoms with E-state index in [2.05, 4.69) is 0 Å². The molecule has 0 aliphatic heterocycles. The average molecular weight is 298 g/mol. The van der Waals surface area contributed by atoms with Crippen molar-refractivity contribution in [3.8, 4) is 11.5 Å². The number of carbonyl (C=O) groups excluding carboxylic acids is 2. The van der Waals surface area contributed by atoms with Crippen molar-refractivity contribution in [2.24, 2.45) is 0 Å². The van der Waals surface area contributed by atoms with Gasteiger partial charge in [-0.2, -0.15) is 0 Å². The minimum atomic E-state index is -0.805. The molecule has 0 saturated carbocycles. The summed E-state index contributed by atoms with van der Waals surface area (Å²) in [4.78, 5) is 23.4. The van der Waals surface area contributed by atoms with Crippen molar-refractivity contribution in [1.82, 2.24) is 0 Å². The number of aryl methyl sites for hydroxylation is 1. The highest BCUT2D eigenvalue weighted by atomic mass is 16.5. The third-order valence-electron chi connectivity index (χ3n) is 3.21. The second-order valence-electron chi connectivity index (χ2n) is 4.83. The number of methoxy groups -OCH3 is 1. The Morgan fingerprint density at radius 3 is 2.23 bits per heavy atom. The van der Waals surface area contributed by atoms with Crippen LogP contribution >= 0.6 is 0 Å². The van der Waals surface area contributed by atoms with Crippen molar-refractivity contribution < 1.29 is 19.1 Å². The number of esters is 1. The van der Waals surface area contributed by atoms with E-state index in [0.717, 1.165) is 17.7 Å². The van der Waals surface area contributed by atoms with Gasteiger partial charge in [0, 0.05) is 6.42 Å². The average Bonchev–Trinajstić information content (AvgIpc) is 2.56. The van der Waals surface area contributed by atoms with Gasteiger partial charge in [0.15, 0.2) is 0 Å². The molecule has 0 aliphatic rings. The van der Waals surface area contributed by atoms with E-state index in [9.17, 15) is 9.59 Å². The Bertz CT molecular complexity index is 617. The molecule has 0 saturated heterocycles. The summed E-state index contributed by atoms with van der Waals surface area (Å²) >= 11 is 0. The van der Waals surface area contributed by atoms with Gasteiger partial charge in [0.1, 0.15) is 11.5 Å². The lowest BCUT2D eigenvalue weighted by molar-refractivity contribution is -0.147. The number of benzene rings is 2. The Labute approximate surface area is 129 Å². The third kappa shape index (κ3) is 4.74. The lowest BCUT2D eigenvalue weighted by atomic mass is 10.1. The van der Waals surface area contributed by atoms with Gasteiger partial charge in [0.2, 0.25) is 5.78 Å². The molecule has 0 N–H and O–H groups in total. The summed E-state index contributed by atoms with van der Waals surface area (Å²) < 4.78 is 10.1. The van der Waals surface area contributed by atoms with Gasteiger partial charge < -0.3 is 9.47 Å². The maximum absolute atomic E-state index is 11.7. The predicted molar refractivity (Wildman–Crippen MR) is 83.0 cm³/mol. The summed E-state index contributed by atoms with van der Waals surface area (Å²) in [5.41, 5.74) is 1.10. The van der Waals surface area contributed by atoms with Gasteiger partial charge in [0.05, 0.1) is 7.11 Å². The molecule has 0 unspecified atom stereocenters. The smallest absolute Gasteiger partial charge is 0.379 e. The summed E-state index contributed by atoms with van der Waals surface area (Å²) in [6, 6.07) is 16.2. The number of Topliss-reactive ketones (excluding diaryl/α,β-unsaturated/α-hetero) is 1. The Hall–Kier alpha value is -2.62. The molecule has 22 heavy (non-hydrogen) atoms. The number of carbonyl (C=O) groups is 2. The van der Waals surface area contributed by atoms with E-state index in [1.165, 1.54) is 0 Å². The molecule has 2 aromatic rings. The highest BCUT2D eigenvalue weighted by Crippen LogP contribution is 2.14. The zero-order valence-electron chi connectivity index (χ0n) is 12.5. The van der Waals surface area contributed by atoms with Crippen LogP contribution < -0.4 is 9.47 Å². The van der Waals surface area contributed by atoms with Crippen LogP contribution in [0.4, 0.5) is 0 Å². The van der Waals surface area contributed by atoms with Crippen molar-refractivity contribution in [1.29, 1.82) is 0 Å². The van der Waals surface area contributed by atoms with Crippen LogP contribution in [0, 0.1) is 0 Å². The fourth-order valence-electron chi connectivity index (χ4n) is 2.00. The van der Waals surface area contributed by atoms with Crippen LogP contribution in [0.2, 0.25) is 0 Å². The Morgan fingerprint density at radius 2 is 1.59 bits per heavy atom. The van der Waals surface area contributed by atoms with E-state index in [0.29, 0.717) is 12.2 Å². The molecule has 0 amide bonds. The number of ketones is 1. The normalized spacial score (nSPS) is 10.0. The van der Waals surface area contributed by atoms with Crippen LogP contribution in [0.1, 0.15) is 18.4 Å². The number of hydrogen-bond donors (Lipinski definition) is 0. The van der Waals surface area contributed by atoms with E-state index < -0.39 is 11.8 Å². The lowest BCUT2D eigenvalue weighted by Crippen LogP contribution is -2.20. The first-order valence-corrected chi connectivity index (χ1v) is 7.12. The van der Waals surface area contributed by atoms with Gasteiger partial charge in [0.25, 0.3) is 0 Å². The molecular weight excluding hydrogens is 280 g/mol. The SMILES string of the molecule is COc1ccc(CCCC(=O)C(=O)Oc2ccccc2)cc1. The lowest BCUT2D eigenvalue weighted by Gasteiger charge is -2.04. The predicted octanol–water partition coefficient (Wildman–Crippen LogP) is 3.19. The maximum atomic E-state index is 11.7. The number of para-hydroxylation sites is 1. The van der Waals surface area contributed by atoms with Crippen LogP contribution in [-0.2, 0) is 16.0 Å². The molecule has 0 radical (unpaired) electrons. The molecular formula is C18H18O4. The largest absolute Gasteiger partial charge is 0.497 e. The molecule has 0 atom stereocenters. The van der Waals surface area contributed by atoms with E-state index in [-0.39, 0.29) is 6.42 Å². The van der Waals surface area contributed by atoms with Crippen LogP contribution in [0.5, 0.6) is 11.5 Å². The molecule has 0 aliphatic carbocycles. The molecule has 2 aromatic carbocycles. The molecule has 4 nitrogen and oxygen atoms in total. The maximum Gasteiger partial charge on any atom is 0.379 e. The Kier molecular flexibility index (Phi) is 5.72. The number of ether oxygens (including phenoxy) is 2. The van der Waals surface area contributed by atoms with Crippen molar-refractivity contribution in [2.75, 3.05) is 7.11 Å². The van der Waals surface area contributed by atoms with Crippen LogP contribution in [-0.4, -0.2) is 18.9 Å². The summed E-state index contributed by atoms with van der Waals surface area (Å²) in [7, 11) is 1.62. The highest BCUT2D eigenvalue weighted by molar-refractivity contribution is 6.34. The van der Waals surface area contributed by atoms with Crippen molar-refractivity contribution in [3.05, 3.63) is 60.2 Å². The Balaban J connectivity index is 1.76. The van der Waals surface area contributed by atoms with E-state index in [4.69, 9.17) is 9.47 Å². The van der Waals surface area contributed by atoms with Gasteiger partial charge >= 0.3 is 5.97 Å². The van der Waals surface area contributed by atoms with Crippen LogP contribution in [0.3, 0.4) is 0 Å². The second kappa shape index (κ2) is 7.98. The van der Waals surface area contributed by atoms with Gasteiger partial charge in [-0.15, -0.1) is 0 Å². The fraction of sp³-hybridized carbons (Fsp3) is 0.222. The summed E-state index contributed by atoms with van der Waals surface area (Å²) in [6.45, 7) is 0. The molecule has 0 aromatic heterocycles. The highest BCUT2D eigenvalue weighted by Gasteiger charge is 2.15. The van der Waals surface area contributed by atoms with Crippen LogP contribution in [0.15, 0.2) is 54.6 Å². The minimum Gasteiger partial charge on any atom is -0.497 e. The van der Waals surface area contributed by atoms with Gasteiger partial charge in [-0.05, 0) is 42.7 Å². The van der Waals surface area contributed by atoms with Crippen molar-refractivity contribution in [3.63, 3.8) is 0 Å². The summed E-state index contributed by atoms with van der Waals surface area (Å²) in [5.74, 6) is -0.124. The topological polar surface area (TPSA) is 52.6 Å². The van der Waals surface area contributed by atoms with E-state index in [1.54, 1.807) is 31.4 Å². The first kappa shape index (κ1) is 15.8. The molecule has 0 fully saturated rings. The molecule has 0 bridgehead atoms. The number of rotatable bonds is 7. The first-order chi connectivity index (χ1) is 10.7. The quantitative estimate of drug-likeness (QED) is 0.447. The standard InChI is InChI=1S/C18H18O4/c1-21-15-12-10-14(11-13-15)6-5-9-17(19)18(20)22-16-7-3-2-4-8-16/h2-4,7-8,10-13H,5-6,9H2,1H3. The van der Waals surface area contributed by atoms with Crippen molar-refractivity contribution in [2.45, 2.75) is 19.3 Å². The molecule has 114 valence electrons. The monoisotopic (exact) mass is 298 g/mol. The second-order valence-corrected chi connectivity index (χ2v) is 4.83. The van der Waals surface area contributed by atoms with Crippen LogP contribution in [0.25, 0.3) is 0 Å². The first-order valence-electron chi connectivity index (χ1n) is 7.12. The Morgan fingerprint density at radius 1 is 0.909 bits per heavy atom. The zero-order valence-corrected chi connectivity index (χ0v) is 12.5. The number of hydrogen-bond acceptors (Lipinski definition) is 4. The summed E-state index contributed by atoms with van der Waals surface area (Å²) in [6.07, 6.45) is 1.51. The molecule has 0 spiro atoms. The zero-order chi connectivity index (χ0) is 15.8. The van der Waals surface area contributed by atoms with Gasteiger partial charge in [-0.25, -0.2) is 4.79 Å². The van der Waals surface area contributed by atoms with E-state index in [1.807, 2.05) is 30.3 Å². The molecule has 2 rings (SSSR count). The van der Waals surface area contributed by atoms with Crippen molar-refractivity contribution >= 4 is 11.8 Å². The van der Waals surface area contributed by atoms with Gasteiger partial charge in [-0.3, -0.25) is 4.79 Å². The van der Waals surface area contributed by atoms with E-state index >= 15 is 0 Å². The molecule has 4 heteroatoms. The fourth-order valence-corrected chi connectivity index (χ4v) is 2.00. The molecule has 0 heterocycles. The third-order valence-corrected chi connectivity index (χ3v) is 3.21. The van der Waals surface area contributed by atoms with Gasteiger partial charge in [-0.1, -0.05) is 30.3 Å².